The smallest absolute Gasteiger partial charge is 0.417 e. The Bertz CT molecular complexity index is 1620. The number of anilines is 2. The van der Waals surface area contributed by atoms with Crippen LogP contribution in [-0.4, -0.2) is 55.8 Å². The quantitative estimate of drug-likeness (QED) is 0.355. The lowest BCUT2D eigenvalue weighted by Crippen LogP contribution is -2.52. The van der Waals surface area contributed by atoms with Crippen molar-refractivity contribution in [3.8, 4) is 17.2 Å². The minimum absolute atomic E-state index is 0.0600. The van der Waals surface area contributed by atoms with Crippen LogP contribution in [0.15, 0.2) is 57.9 Å². The van der Waals surface area contributed by atoms with Crippen molar-refractivity contribution in [3.63, 3.8) is 0 Å². The highest BCUT2D eigenvalue weighted by Gasteiger charge is 2.34. The van der Waals surface area contributed by atoms with E-state index >= 15 is 0 Å². The number of piperidine rings is 1. The van der Waals surface area contributed by atoms with Crippen molar-refractivity contribution in [3.05, 3.63) is 70.3 Å². The van der Waals surface area contributed by atoms with E-state index in [1.807, 2.05) is 54.4 Å². The van der Waals surface area contributed by atoms with Gasteiger partial charge in [0.1, 0.15) is 30.6 Å². The van der Waals surface area contributed by atoms with E-state index in [-0.39, 0.29) is 12.1 Å². The first kappa shape index (κ1) is 25.6. The van der Waals surface area contributed by atoms with E-state index in [4.69, 9.17) is 18.7 Å². The number of hydrogen-bond donors (Lipinski definition) is 2. The van der Waals surface area contributed by atoms with E-state index in [0.29, 0.717) is 29.1 Å². The third kappa shape index (κ3) is 4.90. The molecular weight excluding hydrogens is 514 g/mol. The minimum Gasteiger partial charge on any atom is -0.497 e. The first-order valence-corrected chi connectivity index (χ1v) is 13.3. The SMILES string of the molecule is COc1ccc2c(c1)CCN(C1CCN(c3cc(Oc4cc(C)c5[nH]c(=O)oc5c4)cc[n+]3OC)CC1)C(=O)N2. The molecular formula is C29H32N5O6+. The molecule has 4 heterocycles. The van der Waals surface area contributed by atoms with Crippen LogP contribution in [0.5, 0.6) is 17.2 Å². The highest BCUT2D eigenvalue weighted by molar-refractivity contribution is 5.91. The Morgan fingerprint density at radius 3 is 2.58 bits per heavy atom. The molecule has 0 unspecified atom stereocenters. The van der Waals surface area contributed by atoms with E-state index in [1.165, 1.54) is 0 Å². The molecule has 2 aromatic carbocycles. The van der Waals surface area contributed by atoms with Gasteiger partial charge >= 0.3 is 17.6 Å². The molecule has 2 N–H and O–H groups in total. The molecule has 0 radical (unpaired) electrons. The number of methoxy groups -OCH3 is 1. The summed E-state index contributed by atoms with van der Waals surface area (Å²) in [5.74, 6) is 2.34. The van der Waals surface area contributed by atoms with Crippen molar-refractivity contribution in [2.45, 2.75) is 32.2 Å². The zero-order chi connectivity index (χ0) is 27.8. The Hall–Kier alpha value is -4.67. The molecule has 4 aromatic rings. The van der Waals surface area contributed by atoms with E-state index in [0.717, 1.165) is 60.7 Å². The monoisotopic (exact) mass is 546 g/mol. The van der Waals surface area contributed by atoms with Crippen LogP contribution in [-0.2, 0) is 6.42 Å². The molecule has 11 heteroatoms. The van der Waals surface area contributed by atoms with Crippen molar-refractivity contribution in [1.82, 2.24) is 9.88 Å². The summed E-state index contributed by atoms with van der Waals surface area (Å²) in [6.45, 7) is 4.05. The highest BCUT2D eigenvalue weighted by Crippen LogP contribution is 2.31. The summed E-state index contributed by atoms with van der Waals surface area (Å²) >= 11 is 0. The first-order chi connectivity index (χ1) is 19.4. The number of nitrogens with zero attached hydrogens (tertiary/aromatic N) is 3. The highest BCUT2D eigenvalue weighted by atomic mass is 16.6. The van der Waals surface area contributed by atoms with Gasteiger partial charge < -0.3 is 28.9 Å². The van der Waals surface area contributed by atoms with Gasteiger partial charge in [0, 0.05) is 43.2 Å². The fourth-order valence-corrected chi connectivity index (χ4v) is 5.60. The van der Waals surface area contributed by atoms with Crippen molar-refractivity contribution in [2.24, 2.45) is 0 Å². The van der Waals surface area contributed by atoms with E-state index in [9.17, 15) is 9.59 Å². The number of aromatic amines is 1. The zero-order valence-corrected chi connectivity index (χ0v) is 22.7. The number of amides is 2. The molecule has 2 aliphatic rings. The summed E-state index contributed by atoms with van der Waals surface area (Å²) in [4.78, 5) is 37.2. The maximum atomic E-state index is 13.1. The fraction of sp³-hybridized carbons (Fsp3) is 0.345. The number of hydrogen-bond acceptors (Lipinski definition) is 7. The average Bonchev–Trinajstić information content (AvgIpc) is 3.26. The molecule has 1 fully saturated rings. The largest absolute Gasteiger partial charge is 0.497 e. The maximum Gasteiger partial charge on any atom is 0.417 e. The number of oxazole rings is 1. The molecule has 1 saturated heterocycles. The summed E-state index contributed by atoms with van der Waals surface area (Å²) in [6, 6.07) is 13.1. The Kier molecular flexibility index (Phi) is 6.71. The van der Waals surface area contributed by atoms with Crippen LogP contribution < -0.4 is 35.0 Å². The molecule has 0 bridgehead atoms. The number of carbonyl (C=O) groups is 1. The number of urea groups is 1. The third-order valence-electron chi connectivity index (χ3n) is 7.67. The minimum atomic E-state index is -0.496. The molecule has 208 valence electrons. The summed E-state index contributed by atoms with van der Waals surface area (Å²) in [6.07, 6.45) is 4.23. The number of H-pyrrole nitrogens is 1. The number of aryl methyl sites for hydroxylation is 1. The summed E-state index contributed by atoms with van der Waals surface area (Å²) < 4.78 is 18.4. The fourth-order valence-electron chi connectivity index (χ4n) is 5.60. The zero-order valence-electron chi connectivity index (χ0n) is 22.7. The molecule has 0 atom stereocenters. The second-order valence-corrected chi connectivity index (χ2v) is 10.1. The van der Waals surface area contributed by atoms with E-state index in [1.54, 1.807) is 25.0 Å². The lowest BCUT2D eigenvalue weighted by atomic mass is 10.0. The normalized spacial score (nSPS) is 15.9. The molecule has 0 spiro atoms. The van der Waals surface area contributed by atoms with Crippen LogP contribution in [0.3, 0.4) is 0 Å². The van der Waals surface area contributed by atoms with E-state index in [2.05, 4.69) is 15.2 Å². The van der Waals surface area contributed by atoms with Crippen molar-refractivity contribution in [2.75, 3.05) is 44.1 Å². The van der Waals surface area contributed by atoms with Crippen LogP contribution in [0.4, 0.5) is 16.3 Å². The van der Waals surface area contributed by atoms with Gasteiger partial charge in [-0.3, -0.25) is 9.88 Å². The second-order valence-electron chi connectivity index (χ2n) is 10.1. The van der Waals surface area contributed by atoms with Crippen molar-refractivity contribution in [1.29, 1.82) is 0 Å². The van der Waals surface area contributed by atoms with E-state index < -0.39 is 5.76 Å². The van der Waals surface area contributed by atoms with Gasteiger partial charge in [0.15, 0.2) is 5.58 Å². The Labute approximate surface area is 230 Å². The van der Waals surface area contributed by atoms with Gasteiger partial charge in [-0.2, -0.15) is 0 Å². The Morgan fingerprint density at radius 2 is 1.80 bits per heavy atom. The lowest BCUT2D eigenvalue weighted by Gasteiger charge is -2.35. The Balaban J connectivity index is 1.15. The number of rotatable bonds is 6. The van der Waals surface area contributed by atoms with Gasteiger partial charge in [0.2, 0.25) is 0 Å². The summed E-state index contributed by atoms with van der Waals surface area (Å²) in [7, 11) is 3.27. The first-order valence-electron chi connectivity index (χ1n) is 13.3. The number of nitrogens with one attached hydrogen (secondary N) is 2. The summed E-state index contributed by atoms with van der Waals surface area (Å²) in [5, 5.41) is 3.08. The van der Waals surface area contributed by atoms with Gasteiger partial charge in [0.05, 0.1) is 31.8 Å². The van der Waals surface area contributed by atoms with Crippen LogP contribution in [0.2, 0.25) is 0 Å². The van der Waals surface area contributed by atoms with Crippen molar-refractivity contribution >= 4 is 28.6 Å². The predicted octanol–water partition coefficient (Wildman–Crippen LogP) is 3.64. The van der Waals surface area contributed by atoms with Gasteiger partial charge in [-0.1, -0.05) is 0 Å². The van der Waals surface area contributed by atoms with Gasteiger partial charge in [-0.25, -0.2) is 9.59 Å². The lowest BCUT2D eigenvalue weighted by molar-refractivity contribution is -0.875. The van der Waals surface area contributed by atoms with Crippen LogP contribution in [0.25, 0.3) is 11.1 Å². The number of carbonyl (C=O) groups excluding carboxylic acids is 1. The molecule has 11 nitrogen and oxygen atoms in total. The topological polar surface area (TPSA) is 113 Å². The van der Waals surface area contributed by atoms with Crippen LogP contribution >= 0.6 is 0 Å². The number of fused-ring (bicyclic) bond motifs is 2. The second kappa shape index (κ2) is 10.5. The number of pyridine rings is 1. The van der Waals surface area contributed by atoms with Gasteiger partial charge in [0.25, 0.3) is 0 Å². The molecule has 40 heavy (non-hydrogen) atoms. The average molecular weight is 547 g/mol. The molecule has 0 aliphatic carbocycles. The number of benzene rings is 2. The predicted molar refractivity (Wildman–Crippen MR) is 148 cm³/mol. The van der Waals surface area contributed by atoms with Gasteiger partial charge in [-0.05, 0) is 53.5 Å². The standard InChI is InChI=1S/C29H31N5O6/c1-18-14-23(16-25-27(18)31-29(36)40-25)39-22-9-13-34(38-3)26(17-22)32-10-7-20(8-11-32)33-12-6-19-15-21(37-2)4-5-24(19)30-28(33)35/h4-5,9,13-17,20H,6-8,10-12H2,1-3H3,(H-,30,31,35,36)/p+1. The molecule has 2 amide bonds. The molecule has 6 rings (SSSR count). The molecule has 2 aliphatic heterocycles. The summed E-state index contributed by atoms with van der Waals surface area (Å²) in [5.41, 5.74) is 3.89. The maximum absolute atomic E-state index is 13.1. The van der Waals surface area contributed by atoms with Gasteiger partial charge in [-0.15, -0.1) is 0 Å². The molecule has 2 aromatic heterocycles. The third-order valence-corrected chi connectivity index (χ3v) is 7.67. The Morgan fingerprint density at radius 1 is 0.975 bits per heavy atom. The van der Waals surface area contributed by atoms with Crippen LogP contribution in [0, 0.1) is 6.92 Å². The number of ether oxygens (including phenoxy) is 2. The van der Waals surface area contributed by atoms with Crippen LogP contribution in [0.1, 0.15) is 24.0 Å². The molecule has 0 saturated carbocycles. The number of aromatic nitrogens is 2. The van der Waals surface area contributed by atoms with Crippen molar-refractivity contribution < 1.29 is 28.3 Å².